The number of para-hydroxylation sites is 1. The van der Waals surface area contributed by atoms with Crippen molar-refractivity contribution in [2.24, 2.45) is 0 Å². The number of benzene rings is 2. The summed E-state index contributed by atoms with van der Waals surface area (Å²) in [6, 6.07) is 14.7. The zero-order valence-corrected chi connectivity index (χ0v) is 15.9. The van der Waals surface area contributed by atoms with Gasteiger partial charge in [-0.3, -0.25) is 4.79 Å². The van der Waals surface area contributed by atoms with Crippen LogP contribution in [-0.4, -0.2) is 38.8 Å². The molecule has 27 heavy (non-hydrogen) atoms. The Morgan fingerprint density at radius 3 is 2.30 bits per heavy atom. The molecular weight excluding hydrogens is 346 g/mol. The van der Waals surface area contributed by atoms with E-state index in [1.54, 1.807) is 39.2 Å². The summed E-state index contributed by atoms with van der Waals surface area (Å²) in [5.74, 6) is -0.108. The van der Waals surface area contributed by atoms with Crippen LogP contribution in [0.1, 0.15) is 29.8 Å². The minimum absolute atomic E-state index is 0.0668. The molecule has 0 amide bonds. The molecule has 0 radical (unpaired) electrons. The molecule has 0 aliphatic heterocycles. The summed E-state index contributed by atoms with van der Waals surface area (Å²) in [6.07, 6.45) is 0. The van der Waals surface area contributed by atoms with E-state index in [1.165, 1.54) is 0 Å². The number of nitrogens with zero attached hydrogens (tertiary/aromatic N) is 1. The minimum Gasteiger partial charge on any atom is -0.497 e. The van der Waals surface area contributed by atoms with Crippen molar-refractivity contribution in [1.29, 1.82) is 0 Å². The summed E-state index contributed by atoms with van der Waals surface area (Å²) in [7, 11) is 1.57. The number of hydrogen-bond donors (Lipinski definition) is 0. The lowest BCUT2D eigenvalue weighted by Crippen LogP contribution is -2.31. The van der Waals surface area contributed by atoms with Gasteiger partial charge in [0.2, 0.25) is 0 Å². The lowest BCUT2D eigenvalue weighted by Gasteiger charge is -2.25. The fraction of sp³-hybridized carbons (Fsp3) is 0.333. The van der Waals surface area contributed by atoms with Crippen LogP contribution in [0.15, 0.2) is 48.5 Å². The van der Waals surface area contributed by atoms with Gasteiger partial charge in [0.05, 0.1) is 25.9 Å². The molecule has 0 bridgehead atoms. The van der Waals surface area contributed by atoms with Gasteiger partial charge in [0.25, 0.3) is 0 Å². The van der Waals surface area contributed by atoms with Crippen LogP contribution < -0.4 is 9.64 Å². The highest BCUT2D eigenvalue weighted by Gasteiger charge is 2.19. The molecule has 144 valence electrons. The summed E-state index contributed by atoms with van der Waals surface area (Å²) in [4.78, 5) is 26.3. The largest absolute Gasteiger partial charge is 0.497 e. The van der Waals surface area contributed by atoms with E-state index in [1.807, 2.05) is 35.2 Å². The molecule has 0 saturated heterocycles. The first kappa shape index (κ1) is 20.3. The summed E-state index contributed by atoms with van der Waals surface area (Å²) < 4.78 is 15.5. The van der Waals surface area contributed by atoms with Crippen LogP contribution in [-0.2, 0) is 20.8 Å². The van der Waals surface area contributed by atoms with Crippen LogP contribution in [0.3, 0.4) is 0 Å². The van der Waals surface area contributed by atoms with E-state index >= 15 is 0 Å². The number of anilines is 1. The Labute approximate surface area is 159 Å². The molecule has 6 heteroatoms. The molecule has 0 heterocycles. The lowest BCUT2D eigenvalue weighted by molar-refractivity contribution is -0.141. The predicted octanol–water partition coefficient (Wildman–Crippen LogP) is 3.44. The fourth-order valence-corrected chi connectivity index (χ4v) is 2.68. The maximum atomic E-state index is 12.3. The summed E-state index contributed by atoms with van der Waals surface area (Å²) in [5, 5.41) is 0. The van der Waals surface area contributed by atoms with Gasteiger partial charge in [-0.2, -0.15) is 0 Å². The number of methoxy groups -OCH3 is 1. The van der Waals surface area contributed by atoms with Crippen LogP contribution in [0.4, 0.5) is 5.69 Å². The number of esters is 2. The Morgan fingerprint density at radius 2 is 1.67 bits per heavy atom. The summed E-state index contributed by atoms with van der Waals surface area (Å²) in [6.45, 7) is 4.53. The highest BCUT2D eigenvalue weighted by atomic mass is 16.5. The van der Waals surface area contributed by atoms with Crippen molar-refractivity contribution in [2.75, 3.05) is 31.8 Å². The lowest BCUT2D eigenvalue weighted by atomic mass is 10.1. The molecule has 2 aromatic rings. The molecule has 0 aliphatic rings. The van der Waals surface area contributed by atoms with Gasteiger partial charge in [0.15, 0.2) is 0 Å². The van der Waals surface area contributed by atoms with Crippen molar-refractivity contribution in [2.45, 2.75) is 20.4 Å². The predicted molar refractivity (Wildman–Crippen MR) is 103 cm³/mol. The van der Waals surface area contributed by atoms with Crippen molar-refractivity contribution in [3.63, 3.8) is 0 Å². The van der Waals surface area contributed by atoms with Gasteiger partial charge < -0.3 is 19.1 Å². The van der Waals surface area contributed by atoms with Crippen molar-refractivity contribution in [1.82, 2.24) is 0 Å². The van der Waals surface area contributed by atoms with Crippen LogP contribution >= 0.6 is 0 Å². The Hall–Kier alpha value is -3.02. The van der Waals surface area contributed by atoms with Crippen LogP contribution in [0.25, 0.3) is 0 Å². The second-order valence-corrected chi connectivity index (χ2v) is 5.74. The van der Waals surface area contributed by atoms with Crippen LogP contribution in [0, 0.1) is 0 Å². The number of ether oxygens (including phenoxy) is 3. The fourth-order valence-electron chi connectivity index (χ4n) is 2.68. The maximum Gasteiger partial charge on any atom is 0.338 e. The van der Waals surface area contributed by atoms with E-state index in [0.29, 0.717) is 30.0 Å². The Kier molecular flexibility index (Phi) is 7.67. The normalized spacial score (nSPS) is 10.2. The monoisotopic (exact) mass is 371 g/mol. The average Bonchev–Trinajstić information content (AvgIpc) is 2.68. The smallest absolute Gasteiger partial charge is 0.338 e. The third-order valence-electron chi connectivity index (χ3n) is 3.92. The van der Waals surface area contributed by atoms with Crippen molar-refractivity contribution >= 4 is 17.6 Å². The summed E-state index contributed by atoms with van der Waals surface area (Å²) >= 11 is 0. The van der Waals surface area contributed by atoms with Crippen LogP contribution in [0.5, 0.6) is 5.75 Å². The van der Waals surface area contributed by atoms with Crippen LogP contribution in [0.2, 0.25) is 0 Å². The average molecular weight is 371 g/mol. The zero-order valence-electron chi connectivity index (χ0n) is 15.9. The van der Waals surface area contributed by atoms with E-state index in [9.17, 15) is 9.59 Å². The quantitative estimate of drug-likeness (QED) is 0.629. The van der Waals surface area contributed by atoms with Gasteiger partial charge in [-0.25, -0.2) is 4.79 Å². The second kappa shape index (κ2) is 10.2. The molecule has 0 unspecified atom stereocenters. The molecule has 0 saturated carbocycles. The molecular formula is C21H25NO5. The Bertz CT molecular complexity index is 760. The van der Waals surface area contributed by atoms with Crippen molar-refractivity contribution < 1.29 is 23.8 Å². The van der Waals surface area contributed by atoms with Gasteiger partial charge in [-0.05, 0) is 49.7 Å². The Balaban J connectivity index is 2.37. The Morgan fingerprint density at radius 1 is 0.963 bits per heavy atom. The topological polar surface area (TPSA) is 65.1 Å². The first-order chi connectivity index (χ1) is 13.1. The van der Waals surface area contributed by atoms with Crippen molar-refractivity contribution in [3.05, 3.63) is 59.7 Å². The molecule has 0 spiro atoms. The molecule has 0 aliphatic carbocycles. The first-order valence-corrected chi connectivity index (χ1v) is 8.88. The first-order valence-electron chi connectivity index (χ1n) is 8.88. The SMILES string of the molecule is CCOC(=O)CN(Cc1cc(OC)ccc1C(=O)OCC)c1ccccc1. The van der Waals surface area contributed by atoms with Crippen molar-refractivity contribution in [3.8, 4) is 5.75 Å². The molecule has 2 rings (SSSR count). The van der Waals surface area contributed by atoms with E-state index in [-0.39, 0.29) is 19.1 Å². The third-order valence-corrected chi connectivity index (χ3v) is 3.92. The standard InChI is InChI=1S/C21H25NO5/c1-4-26-20(23)15-22(17-9-7-6-8-10-17)14-16-13-18(25-3)11-12-19(16)21(24)27-5-2/h6-13H,4-5,14-15H2,1-3H3. The van der Waals surface area contributed by atoms with E-state index in [4.69, 9.17) is 14.2 Å². The number of carbonyl (C=O) groups excluding carboxylic acids is 2. The number of carbonyl (C=O) groups is 2. The number of hydrogen-bond acceptors (Lipinski definition) is 6. The zero-order chi connectivity index (χ0) is 19.6. The minimum atomic E-state index is -0.403. The van der Waals surface area contributed by atoms with Gasteiger partial charge >= 0.3 is 11.9 Å². The molecule has 6 nitrogen and oxygen atoms in total. The van der Waals surface area contributed by atoms with E-state index < -0.39 is 5.97 Å². The van der Waals surface area contributed by atoms with E-state index in [0.717, 1.165) is 5.69 Å². The molecule has 0 N–H and O–H groups in total. The molecule has 2 aromatic carbocycles. The molecule has 0 aromatic heterocycles. The van der Waals surface area contributed by atoms with Gasteiger partial charge in [0, 0.05) is 12.2 Å². The van der Waals surface area contributed by atoms with Gasteiger partial charge in [-0.1, -0.05) is 18.2 Å². The van der Waals surface area contributed by atoms with E-state index in [2.05, 4.69) is 0 Å². The highest BCUT2D eigenvalue weighted by molar-refractivity contribution is 5.91. The molecule has 0 fully saturated rings. The molecule has 0 atom stereocenters. The number of rotatable bonds is 9. The highest BCUT2D eigenvalue weighted by Crippen LogP contribution is 2.23. The van der Waals surface area contributed by atoms with Gasteiger partial charge in [-0.15, -0.1) is 0 Å². The third kappa shape index (κ3) is 5.74. The maximum absolute atomic E-state index is 12.3. The second-order valence-electron chi connectivity index (χ2n) is 5.74. The van der Waals surface area contributed by atoms with Gasteiger partial charge in [0.1, 0.15) is 12.3 Å². The summed E-state index contributed by atoms with van der Waals surface area (Å²) in [5.41, 5.74) is 2.01.